The van der Waals surface area contributed by atoms with Crippen LogP contribution in [-0.2, 0) is 4.79 Å². The van der Waals surface area contributed by atoms with E-state index in [0.29, 0.717) is 18.3 Å². The van der Waals surface area contributed by atoms with Crippen LogP contribution < -0.4 is 10.6 Å². The van der Waals surface area contributed by atoms with Crippen molar-refractivity contribution in [3.05, 3.63) is 33.9 Å². The number of amides is 1. The fourth-order valence-electron chi connectivity index (χ4n) is 1.82. The van der Waals surface area contributed by atoms with Gasteiger partial charge in [0, 0.05) is 30.8 Å². The number of nitro groups is 1. The summed E-state index contributed by atoms with van der Waals surface area (Å²) in [5.74, 6) is -1.43. The van der Waals surface area contributed by atoms with Gasteiger partial charge in [-0.3, -0.25) is 14.9 Å². The second-order valence-corrected chi connectivity index (χ2v) is 4.81. The zero-order valence-electron chi connectivity index (χ0n) is 11.2. The molecule has 1 aromatic rings. The first-order chi connectivity index (χ1) is 9.97. The maximum atomic E-state index is 11.5. The van der Waals surface area contributed by atoms with E-state index in [4.69, 9.17) is 5.11 Å². The third-order valence-electron chi connectivity index (χ3n) is 3.05. The second kappa shape index (κ2) is 6.21. The molecule has 0 aromatic heterocycles. The lowest BCUT2D eigenvalue weighted by Crippen LogP contribution is -2.27. The summed E-state index contributed by atoms with van der Waals surface area (Å²) in [4.78, 5) is 32.4. The topological polar surface area (TPSA) is 122 Å². The molecule has 1 fully saturated rings. The number of carboxylic acid groups (broad SMARTS) is 1. The van der Waals surface area contributed by atoms with Crippen molar-refractivity contribution in [1.29, 1.82) is 0 Å². The van der Waals surface area contributed by atoms with Gasteiger partial charge in [-0.15, -0.1) is 0 Å². The summed E-state index contributed by atoms with van der Waals surface area (Å²) in [6, 6.07) is 4.05. The molecule has 0 radical (unpaired) electrons. The molecule has 1 aliphatic carbocycles. The van der Waals surface area contributed by atoms with E-state index in [-0.39, 0.29) is 17.9 Å². The monoisotopic (exact) mass is 293 g/mol. The summed E-state index contributed by atoms with van der Waals surface area (Å²) in [5, 5.41) is 25.4. The van der Waals surface area contributed by atoms with Crippen molar-refractivity contribution in [2.75, 3.05) is 11.9 Å². The van der Waals surface area contributed by atoms with Crippen molar-refractivity contribution in [3.63, 3.8) is 0 Å². The van der Waals surface area contributed by atoms with Crippen LogP contribution in [-0.4, -0.2) is 34.5 Å². The minimum Gasteiger partial charge on any atom is -0.477 e. The third kappa shape index (κ3) is 4.16. The van der Waals surface area contributed by atoms with Crippen LogP contribution in [0.2, 0.25) is 0 Å². The number of carbonyl (C=O) groups excluding carboxylic acids is 1. The van der Waals surface area contributed by atoms with E-state index in [1.165, 1.54) is 12.1 Å². The molecule has 1 aliphatic rings. The molecule has 0 saturated heterocycles. The largest absolute Gasteiger partial charge is 0.477 e. The molecule has 3 N–H and O–H groups in total. The van der Waals surface area contributed by atoms with Crippen LogP contribution in [0.5, 0.6) is 0 Å². The van der Waals surface area contributed by atoms with E-state index in [9.17, 15) is 19.7 Å². The summed E-state index contributed by atoms with van der Waals surface area (Å²) < 4.78 is 0. The smallest absolute Gasteiger partial charge is 0.342 e. The van der Waals surface area contributed by atoms with Crippen molar-refractivity contribution in [2.24, 2.45) is 0 Å². The number of hydrogen-bond donors (Lipinski definition) is 3. The van der Waals surface area contributed by atoms with Gasteiger partial charge in [0.25, 0.3) is 5.69 Å². The predicted octanol–water partition coefficient (Wildman–Crippen LogP) is 1.37. The molecule has 8 heteroatoms. The number of benzene rings is 1. The highest BCUT2D eigenvalue weighted by Gasteiger charge is 2.23. The Morgan fingerprint density at radius 3 is 2.67 bits per heavy atom. The van der Waals surface area contributed by atoms with Gasteiger partial charge in [0.1, 0.15) is 5.56 Å². The Labute approximate surface area is 120 Å². The van der Waals surface area contributed by atoms with Gasteiger partial charge in [-0.1, -0.05) is 0 Å². The molecular formula is C13H15N3O5. The van der Waals surface area contributed by atoms with Gasteiger partial charge >= 0.3 is 5.97 Å². The standard InChI is InChI=1S/C13H15N3O5/c17-12(15-8-1-2-8)5-6-14-9-3-4-11(16(20)21)10(7-9)13(18)19/h3-4,7-8,14H,1-2,5-6H2,(H,15,17)(H,18,19). The van der Waals surface area contributed by atoms with Crippen LogP contribution >= 0.6 is 0 Å². The summed E-state index contributed by atoms with van der Waals surface area (Å²) in [6.45, 7) is 0.329. The van der Waals surface area contributed by atoms with Crippen LogP contribution in [0.1, 0.15) is 29.6 Å². The van der Waals surface area contributed by atoms with Crippen molar-refractivity contribution < 1.29 is 19.6 Å². The molecule has 1 amide bonds. The number of nitro benzene ring substituents is 1. The van der Waals surface area contributed by atoms with E-state index in [1.807, 2.05) is 0 Å². The molecule has 0 unspecified atom stereocenters. The van der Waals surface area contributed by atoms with Gasteiger partial charge in [0.05, 0.1) is 4.92 Å². The molecule has 21 heavy (non-hydrogen) atoms. The number of carbonyl (C=O) groups is 2. The predicted molar refractivity (Wildman–Crippen MR) is 74.3 cm³/mol. The second-order valence-electron chi connectivity index (χ2n) is 4.81. The lowest BCUT2D eigenvalue weighted by atomic mass is 10.1. The van der Waals surface area contributed by atoms with Gasteiger partial charge in [-0.25, -0.2) is 4.79 Å². The van der Waals surface area contributed by atoms with Crippen molar-refractivity contribution in [1.82, 2.24) is 5.32 Å². The van der Waals surface area contributed by atoms with Gasteiger partial charge in [0.2, 0.25) is 5.91 Å². The highest BCUT2D eigenvalue weighted by molar-refractivity contribution is 5.93. The molecule has 0 spiro atoms. The van der Waals surface area contributed by atoms with Gasteiger partial charge in [-0.05, 0) is 25.0 Å². The number of anilines is 1. The SMILES string of the molecule is O=C(CCNc1ccc([N+](=O)[O-])c(C(=O)O)c1)NC1CC1. The Morgan fingerprint density at radius 2 is 2.10 bits per heavy atom. The Kier molecular flexibility index (Phi) is 4.36. The minimum atomic E-state index is -1.36. The lowest BCUT2D eigenvalue weighted by molar-refractivity contribution is -0.385. The first-order valence-corrected chi connectivity index (χ1v) is 6.52. The van der Waals surface area contributed by atoms with Crippen molar-refractivity contribution >= 4 is 23.3 Å². The Bertz CT molecular complexity index is 583. The zero-order valence-corrected chi connectivity index (χ0v) is 11.2. The molecule has 2 rings (SSSR count). The molecule has 0 atom stereocenters. The highest BCUT2D eigenvalue weighted by atomic mass is 16.6. The Hall–Kier alpha value is -2.64. The van der Waals surface area contributed by atoms with Crippen molar-refractivity contribution in [2.45, 2.75) is 25.3 Å². The summed E-state index contributed by atoms with van der Waals surface area (Å²) in [6.07, 6.45) is 2.29. The Morgan fingerprint density at radius 1 is 1.38 bits per heavy atom. The van der Waals surface area contributed by atoms with E-state index >= 15 is 0 Å². The zero-order chi connectivity index (χ0) is 15.4. The van der Waals surface area contributed by atoms with E-state index in [2.05, 4.69) is 10.6 Å². The van der Waals surface area contributed by atoms with Gasteiger partial charge < -0.3 is 15.7 Å². The minimum absolute atomic E-state index is 0.0645. The molecule has 1 aromatic carbocycles. The number of nitrogens with one attached hydrogen (secondary N) is 2. The third-order valence-corrected chi connectivity index (χ3v) is 3.05. The maximum Gasteiger partial charge on any atom is 0.342 e. The fourth-order valence-corrected chi connectivity index (χ4v) is 1.82. The normalized spacial score (nSPS) is 13.5. The average Bonchev–Trinajstić information content (AvgIpc) is 3.22. The summed E-state index contributed by atoms with van der Waals surface area (Å²) in [5.41, 5.74) is -0.413. The van der Waals surface area contributed by atoms with Gasteiger partial charge in [-0.2, -0.15) is 0 Å². The number of nitrogens with zero attached hydrogens (tertiary/aromatic N) is 1. The number of carboxylic acids is 1. The fraction of sp³-hybridized carbons (Fsp3) is 0.385. The Balaban J connectivity index is 1.93. The van der Waals surface area contributed by atoms with Gasteiger partial charge in [0.15, 0.2) is 0 Å². The molecule has 0 heterocycles. The quantitative estimate of drug-likeness (QED) is 0.515. The summed E-state index contributed by atoms with van der Waals surface area (Å²) >= 11 is 0. The molecule has 1 saturated carbocycles. The average molecular weight is 293 g/mol. The molecule has 8 nitrogen and oxygen atoms in total. The van der Waals surface area contributed by atoms with E-state index in [0.717, 1.165) is 18.9 Å². The van der Waals surface area contributed by atoms with Crippen LogP contribution in [0.15, 0.2) is 18.2 Å². The number of rotatable bonds is 7. The van der Waals surface area contributed by atoms with Crippen LogP contribution in [0.4, 0.5) is 11.4 Å². The number of hydrogen-bond acceptors (Lipinski definition) is 5. The van der Waals surface area contributed by atoms with Crippen LogP contribution in [0.25, 0.3) is 0 Å². The van der Waals surface area contributed by atoms with Crippen molar-refractivity contribution in [3.8, 4) is 0 Å². The molecular weight excluding hydrogens is 278 g/mol. The maximum absolute atomic E-state index is 11.5. The number of aromatic carboxylic acids is 1. The van der Waals surface area contributed by atoms with E-state index < -0.39 is 16.6 Å². The van der Waals surface area contributed by atoms with E-state index in [1.54, 1.807) is 0 Å². The molecule has 0 bridgehead atoms. The first-order valence-electron chi connectivity index (χ1n) is 6.52. The van der Waals surface area contributed by atoms with Crippen LogP contribution in [0, 0.1) is 10.1 Å². The molecule has 112 valence electrons. The summed E-state index contributed by atoms with van der Waals surface area (Å²) in [7, 11) is 0. The first kappa shape index (κ1) is 14.8. The lowest BCUT2D eigenvalue weighted by Gasteiger charge is -2.08. The molecule has 0 aliphatic heterocycles. The highest BCUT2D eigenvalue weighted by Crippen LogP contribution is 2.22. The van der Waals surface area contributed by atoms with Crippen LogP contribution in [0.3, 0.4) is 0 Å².